The predicted octanol–water partition coefficient (Wildman–Crippen LogP) is 0.457. The summed E-state index contributed by atoms with van der Waals surface area (Å²) in [7, 11) is 0. The molecule has 0 aromatic carbocycles. The number of hydrogen-bond donors (Lipinski definition) is 2. The van der Waals surface area contributed by atoms with Crippen molar-refractivity contribution >= 4 is 5.91 Å². The predicted molar refractivity (Wildman–Crippen MR) is 77.2 cm³/mol. The van der Waals surface area contributed by atoms with Crippen LogP contribution in [0.1, 0.15) is 27.7 Å². The zero-order valence-electron chi connectivity index (χ0n) is 12.7. The van der Waals surface area contributed by atoms with E-state index in [1.807, 2.05) is 6.92 Å². The third-order valence-corrected chi connectivity index (χ3v) is 3.72. The Labute approximate surface area is 117 Å². The molecule has 1 aliphatic heterocycles. The first-order chi connectivity index (χ1) is 9.02. The fraction of sp³-hybridized carbons (Fsp3) is 0.929. The van der Waals surface area contributed by atoms with E-state index in [0.717, 1.165) is 32.8 Å². The van der Waals surface area contributed by atoms with Crippen LogP contribution in [0.4, 0.5) is 0 Å². The SMILES string of the molecule is CCN1CCOC(CNCC(=O)NC(C)C(C)C)C1. The minimum atomic E-state index is 0.0596. The van der Waals surface area contributed by atoms with Gasteiger partial charge in [0.15, 0.2) is 0 Å². The van der Waals surface area contributed by atoms with Crippen molar-refractivity contribution in [1.29, 1.82) is 0 Å². The van der Waals surface area contributed by atoms with Crippen LogP contribution in [0.2, 0.25) is 0 Å². The van der Waals surface area contributed by atoms with E-state index in [1.165, 1.54) is 0 Å². The van der Waals surface area contributed by atoms with Crippen LogP contribution in [0.25, 0.3) is 0 Å². The first-order valence-electron chi connectivity index (χ1n) is 7.37. The molecular formula is C14H29N3O2. The standard InChI is InChI=1S/C14H29N3O2/c1-5-17-6-7-19-13(10-17)8-15-9-14(18)16-12(4)11(2)3/h11-13,15H,5-10H2,1-4H3,(H,16,18). The Kier molecular flexibility index (Phi) is 7.34. The molecule has 19 heavy (non-hydrogen) atoms. The van der Waals surface area contributed by atoms with Gasteiger partial charge in [0, 0.05) is 25.7 Å². The molecule has 5 nitrogen and oxygen atoms in total. The van der Waals surface area contributed by atoms with E-state index < -0.39 is 0 Å². The van der Waals surface area contributed by atoms with E-state index in [9.17, 15) is 4.79 Å². The van der Waals surface area contributed by atoms with E-state index in [4.69, 9.17) is 4.74 Å². The average molecular weight is 271 g/mol. The number of hydrogen-bond acceptors (Lipinski definition) is 4. The van der Waals surface area contributed by atoms with Crippen molar-refractivity contribution in [2.45, 2.75) is 39.8 Å². The summed E-state index contributed by atoms with van der Waals surface area (Å²) in [5.41, 5.74) is 0. The molecule has 1 amide bonds. The molecule has 1 saturated heterocycles. The Morgan fingerprint density at radius 2 is 2.16 bits per heavy atom. The molecule has 0 aliphatic carbocycles. The van der Waals surface area contributed by atoms with E-state index in [0.29, 0.717) is 12.5 Å². The van der Waals surface area contributed by atoms with Crippen molar-refractivity contribution in [3.8, 4) is 0 Å². The Bertz CT molecular complexity index is 271. The average Bonchev–Trinajstić information content (AvgIpc) is 2.38. The molecule has 1 rings (SSSR count). The number of carbonyl (C=O) groups is 1. The second-order valence-corrected chi connectivity index (χ2v) is 5.62. The van der Waals surface area contributed by atoms with Crippen molar-refractivity contribution in [3.63, 3.8) is 0 Å². The lowest BCUT2D eigenvalue weighted by atomic mass is 10.1. The molecule has 1 fully saturated rings. The maximum Gasteiger partial charge on any atom is 0.234 e. The van der Waals surface area contributed by atoms with Gasteiger partial charge >= 0.3 is 0 Å². The maximum absolute atomic E-state index is 11.7. The Morgan fingerprint density at radius 1 is 1.42 bits per heavy atom. The maximum atomic E-state index is 11.7. The van der Waals surface area contributed by atoms with Crippen molar-refractivity contribution in [2.24, 2.45) is 5.92 Å². The molecule has 5 heteroatoms. The van der Waals surface area contributed by atoms with Crippen LogP contribution >= 0.6 is 0 Å². The molecule has 0 saturated carbocycles. The van der Waals surface area contributed by atoms with Crippen LogP contribution in [0.3, 0.4) is 0 Å². The minimum absolute atomic E-state index is 0.0596. The van der Waals surface area contributed by atoms with Gasteiger partial charge in [0.1, 0.15) is 0 Å². The number of ether oxygens (including phenoxy) is 1. The number of amides is 1. The summed E-state index contributed by atoms with van der Waals surface area (Å²) in [6.45, 7) is 13.3. The summed E-state index contributed by atoms with van der Waals surface area (Å²) in [6, 6.07) is 0.218. The zero-order chi connectivity index (χ0) is 14.3. The lowest BCUT2D eigenvalue weighted by Gasteiger charge is -2.32. The highest BCUT2D eigenvalue weighted by Crippen LogP contribution is 2.03. The topological polar surface area (TPSA) is 53.6 Å². The van der Waals surface area contributed by atoms with Crippen LogP contribution in [0.15, 0.2) is 0 Å². The van der Waals surface area contributed by atoms with Gasteiger partial charge < -0.3 is 15.4 Å². The summed E-state index contributed by atoms with van der Waals surface area (Å²) >= 11 is 0. The van der Waals surface area contributed by atoms with Crippen LogP contribution in [-0.4, -0.2) is 62.3 Å². The second kappa shape index (κ2) is 8.51. The minimum Gasteiger partial charge on any atom is -0.374 e. The van der Waals surface area contributed by atoms with Gasteiger partial charge in [0.2, 0.25) is 5.91 Å². The van der Waals surface area contributed by atoms with Gasteiger partial charge in [0.05, 0.1) is 19.3 Å². The highest BCUT2D eigenvalue weighted by atomic mass is 16.5. The molecule has 2 unspecified atom stereocenters. The normalized spacial score (nSPS) is 22.5. The van der Waals surface area contributed by atoms with E-state index in [-0.39, 0.29) is 18.1 Å². The smallest absolute Gasteiger partial charge is 0.234 e. The first kappa shape index (κ1) is 16.4. The van der Waals surface area contributed by atoms with Crippen molar-refractivity contribution in [1.82, 2.24) is 15.5 Å². The molecule has 0 bridgehead atoms. The monoisotopic (exact) mass is 271 g/mol. The molecule has 112 valence electrons. The highest BCUT2D eigenvalue weighted by Gasteiger charge is 2.19. The third kappa shape index (κ3) is 6.36. The zero-order valence-corrected chi connectivity index (χ0v) is 12.7. The Balaban J connectivity index is 2.14. The summed E-state index contributed by atoms with van der Waals surface area (Å²) in [5.74, 6) is 0.521. The van der Waals surface area contributed by atoms with Crippen molar-refractivity contribution in [2.75, 3.05) is 39.3 Å². The summed E-state index contributed by atoms with van der Waals surface area (Å²) in [5, 5.41) is 6.16. The number of nitrogens with zero attached hydrogens (tertiary/aromatic N) is 1. The summed E-state index contributed by atoms with van der Waals surface area (Å²) < 4.78 is 5.68. The molecule has 0 radical (unpaired) electrons. The molecule has 1 heterocycles. The molecule has 2 N–H and O–H groups in total. The van der Waals surface area contributed by atoms with Gasteiger partial charge in [-0.15, -0.1) is 0 Å². The highest BCUT2D eigenvalue weighted by molar-refractivity contribution is 5.78. The van der Waals surface area contributed by atoms with E-state index >= 15 is 0 Å². The van der Waals surface area contributed by atoms with Crippen LogP contribution in [0.5, 0.6) is 0 Å². The third-order valence-electron chi connectivity index (χ3n) is 3.72. The van der Waals surface area contributed by atoms with E-state index in [2.05, 4.69) is 36.3 Å². The Hall–Kier alpha value is -0.650. The summed E-state index contributed by atoms with van der Waals surface area (Å²) in [6.07, 6.45) is 0.198. The molecule has 2 atom stereocenters. The van der Waals surface area contributed by atoms with Gasteiger partial charge in [-0.2, -0.15) is 0 Å². The number of likely N-dealkylation sites (N-methyl/N-ethyl adjacent to an activating group) is 1. The largest absolute Gasteiger partial charge is 0.374 e. The van der Waals surface area contributed by atoms with Crippen LogP contribution < -0.4 is 10.6 Å². The number of carbonyl (C=O) groups excluding carboxylic acids is 1. The summed E-state index contributed by atoms with van der Waals surface area (Å²) in [4.78, 5) is 14.1. The van der Waals surface area contributed by atoms with Gasteiger partial charge in [-0.05, 0) is 19.4 Å². The fourth-order valence-corrected chi connectivity index (χ4v) is 2.01. The van der Waals surface area contributed by atoms with Gasteiger partial charge in [-0.25, -0.2) is 0 Å². The lowest BCUT2D eigenvalue weighted by molar-refractivity contribution is -0.121. The number of morpholine rings is 1. The molecule has 0 aromatic heterocycles. The lowest BCUT2D eigenvalue weighted by Crippen LogP contribution is -2.48. The number of rotatable bonds is 7. The molecular weight excluding hydrogens is 242 g/mol. The van der Waals surface area contributed by atoms with Gasteiger partial charge in [0.25, 0.3) is 0 Å². The molecule has 0 spiro atoms. The molecule has 1 aliphatic rings. The van der Waals surface area contributed by atoms with Crippen molar-refractivity contribution < 1.29 is 9.53 Å². The van der Waals surface area contributed by atoms with Crippen LogP contribution in [0, 0.1) is 5.92 Å². The van der Waals surface area contributed by atoms with Crippen molar-refractivity contribution in [3.05, 3.63) is 0 Å². The quantitative estimate of drug-likeness (QED) is 0.706. The van der Waals surface area contributed by atoms with E-state index in [1.54, 1.807) is 0 Å². The second-order valence-electron chi connectivity index (χ2n) is 5.62. The fourth-order valence-electron chi connectivity index (χ4n) is 2.01. The first-order valence-corrected chi connectivity index (χ1v) is 7.37. The van der Waals surface area contributed by atoms with Gasteiger partial charge in [-0.3, -0.25) is 9.69 Å². The van der Waals surface area contributed by atoms with Gasteiger partial charge in [-0.1, -0.05) is 20.8 Å². The number of nitrogens with one attached hydrogen (secondary N) is 2. The van der Waals surface area contributed by atoms with Crippen LogP contribution in [-0.2, 0) is 9.53 Å². The molecule has 0 aromatic rings. The Morgan fingerprint density at radius 3 is 2.79 bits per heavy atom.